The molecule has 0 saturated carbocycles. The fourth-order valence-corrected chi connectivity index (χ4v) is 2.84. The van der Waals surface area contributed by atoms with E-state index in [2.05, 4.69) is 0 Å². The largest absolute Gasteiger partial charge is 0.470 e. The van der Waals surface area contributed by atoms with Crippen molar-refractivity contribution in [2.75, 3.05) is 0 Å². The minimum absolute atomic E-state index is 0.310. The molecular formula is C20H27NO4. The lowest BCUT2D eigenvalue weighted by Crippen LogP contribution is -2.47. The van der Waals surface area contributed by atoms with Gasteiger partial charge in [-0.3, -0.25) is 4.90 Å². The Morgan fingerprint density at radius 3 is 2.40 bits per heavy atom. The lowest BCUT2D eigenvalue weighted by molar-refractivity contribution is -0.109. The van der Waals surface area contributed by atoms with Gasteiger partial charge in [-0.25, -0.2) is 4.79 Å². The lowest BCUT2D eigenvalue weighted by Gasteiger charge is -2.34. The molecule has 1 unspecified atom stereocenters. The summed E-state index contributed by atoms with van der Waals surface area (Å²) in [5.74, 6) is 0.275. The maximum Gasteiger partial charge on any atom is 0.414 e. The summed E-state index contributed by atoms with van der Waals surface area (Å²) in [6, 6.07) is 9.18. The van der Waals surface area contributed by atoms with Crippen LogP contribution in [0.2, 0.25) is 0 Å². The maximum absolute atomic E-state index is 12.9. The number of allylic oxidation sites excluding steroid dienone is 1. The summed E-state index contributed by atoms with van der Waals surface area (Å²) in [4.78, 5) is 25.6. The van der Waals surface area contributed by atoms with E-state index in [0.717, 1.165) is 11.8 Å². The van der Waals surface area contributed by atoms with E-state index in [4.69, 9.17) is 9.47 Å². The van der Waals surface area contributed by atoms with Crippen LogP contribution in [0.25, 0.3) is 0 Å². The molecule has 1 aliphatic rings. The molecule has 5 nitrogen and oxygen atoms in total. The number of benzene rings is 1. The van der Waals surface area contributed by atoms with Gasteiger partial charge >= 0.3 is 6.09 Å². The normalized spacial score (nSPS) is 22.4. The summed E-state index contributed by atoms with van der Waals surface area (Å²) in [6.45, 7) is 10.9. The van der Waals surface area contributed by atoms with E-state index in [1.165, 1.54) is 0 Å². The van der Waals surface area contributed by atoms with Crippen LogP contribution in [0.3, 0.4) is 0 Å². The van der Waals surface area contributed by atoms with E-state index >= 15 is 0 Å². The first-order valence-electron chi connectivity index (χ1n) is 8.48. The van der Waals surface area contributed by atoms with Crippen LogP contribution >= 0.6 is 0 Å². The summed E-state index contributed by atoms with van der Waals surface area (Å²) in [6.07, 6.45) is 2.16. The van der Waals surface area contributed by atoms with Crippen molar-refractivity contribution in [3.05, 3.63) is 47.7 Å². The molecular weight excluding hydrogens is 318 g/mol. The Morgan fingerprint density at radius 1 is 1.28 bits per heavy atom. The molecule has 0 spiro atoms. The topological polar surface area (TPSA) is 55.8 Å². The highest BCUT2D eigenvalue weighted by atomic mass is 16.6. The number of nitrogens with zero attached hydrogens (tertiary/aromatic N) is 1. The Bertz CT molecular complexity index is 658. The highest BCUT2D eigenvalue weighted by Crippen LogP contribution is 2.45. The molecule has 2 atom stereocenters. The van der Waals surface area contributed by atoms with E-state index in [9.17, 15) is 9.59 Å². The van der Waals surface area contributed by atoms with E-state index in [1.54, 1.807) is 17.9 Å². The van der Waals surface area contributed by atoms with Gasteiger partial charge in [0.2, 0.25) is 0 Å². The number of carbonyl (C=O) groups excluding carboxylic acids is 2. The number of ether oxygens (including phenoxy) is 2. The second-order valence-electron chi connectivity index (χ2n) is 7.78. The molecule has 1 aromatic rings. The SMILES string of the molecule is CC(C=O)/C=C1/OC(C)(C)N(C(=O)OC(C)(C)C)[C@H]1c1ccccc1. The van der Waals surface area contributed by atoms with Gasteiger partial charge in [0.05, 0.1) is 0 Å². The number of amides is 1. The molecule has 136 valence electrons. The quantitative estimate of drug-likeness (QED) is 0.760. The minimum Gasteiger partial charge on any atom is -0.470 e. The van der Waals surface area contributed by atoms with Gasteiger partial charge < -0.3 is 14.3 Å². The van der Waals surface area contributed by atoms with Crippen LogP contribution in [-0.2, 0) is 14.3 Å². The van der Waals surface area contributed by atoms with Crippen LogP contribution in [-0.4, -0.2) is 28.6 Å². The minimum atomic E-state index is -0.892. The maximum atomic E-state index is 12.9. The van der Waals surface area contributed by atoms with Crippen LogP contribution in [0, 0.1) is 5.92 Å². The standard InChI is InChI=1S/C20H27NO4/c1-14(13-22)12-16-17(15-10-8-7-9-11-15)21(20(5,6)24-16)18(23)25-19(2,3)4/h7-14,17H,1-6H3/b16-12+/t14?,17-/m0/s1. The second-order valence-corrected chi connectivity index (χ2v) is 7.78. The fourth-order valence-electron chi connectivity index (χ4n) is 2.84. The molecule has 0 bridgehead atoms. The van der Waals surface area contributed by atoms with Crippen LogP contribution in [0.15, 0.2) is 42.2 Å². The third-order valence-electron chi connectivity index (χ3n) is 3.82. The third kappa shape index (κ3) is 4.41. The van der Waals surface area contributed by atoms with Gasteiger partial charge in [0, 0.05) is 5.92 Å². The van der Waals surface area contributed by atoms with Crippen molar-refractivity contribution in [3.8, 4) is 0 Å². The predicted molar refractivity (Wildman–Crippen MR) is 95.7 cm³/mol. The summed E-state index contributed by atoms with van der Waals surface area (Å²) in [5, 5.41) is 0. The molecule has 1 heterocycles. The average molecular weight is 345 g/mol. The second kappa shape index (κ2) is 6.90. The van der Waals surface area contributed by atoms with Gasteiger partial charge in [0.1, 0.15) is 23.7 Å². The van der Waals surface area contributed by atoms with E-state index in [1.807, 2.05) is 65.0 Å². The molecule has 1 aromatic carbocycles. The van der Waals surface area contributed by atoms with E-state index in [0.29, 0.717) is 5.76 Å². The average Bonchev–Trinajstić information content (AvgIpc) is 2.76. The first kappa shape index (κ1) is 19.0. The summed E-state index contributed by atoms with van der Waals surface area (Å²) >= 11 is 0. The molecule has 1 saturated heterocycles. The van der Waals surface area contributed by atoms with Crippen molar-refractivity contribution in [2.24, 2.45) is 5.92 Å². The van der Waals surface area contributed by atoms with Gasteiger partial charge in [0.25, 0.3) is 0 Å². The summed E-state index contributed by atoms with van der Waals surface area (Å²) in [5.41, 5.74) is -0.600. The number of hydrogen-bond acceptors (Lipinski definition) is 4. The van der Waals surface area contributed by atoms with Crippen molar-refractivity contribution in [3.63, 3.8) is 0 Å². The zero-order valence-corrected chi connectivity index (χ0v) is 15.8. The fraction of sp³-hybridized carbons (Fsp3) is 0.500. The number of rotatable bonds is 3. The molecule has 2 rings (SSSR count). The van der Waals surface area contributed by atoms with Crippen molar-refractivity contribution < 1.29 is 19.1 Å². The Kier molecular flexibility index (Phi) is 5.26. The Balaban J connectivity index is 2.51. The Hall–Kier alpha value is -2.30. The van der Waals surface area contributed by atoms with E-state index < -0.39 is 23.5 Å². The van der Waals surface area contributed by atoms with Crippen molar-refractivity contribution in [1.82, 2.24) is 4.90 Å². The summed E-state index contributed by atoms with van der Waals surface area (Å²) < 4.78 is 11.7. The van der Waals surface area contributed by atoms with Gasteiger partial charge in [-0.15, -0.1) is 0 Å². The number of hydrogen-bond donors (Lipinski definition) is 0. The number of aldehydes is 1. The predicted octanol–water partition coefficient (Wildman–Crippen LogP) is 4.45. The lowest BCUT2D eigenvalue weighted by atomic mass is 10.0. The molecule has 0 aliphatic carbocycles. The van der Waals surface area contributed by atoms with Gasteiger partial charge in [-0.2, -0.15) is 0 Å². The van der Waals surface area contributed by atoms with Crippen LogP contribution < -0.4 is 0 Å². The molecule has 25 heavy (non-hydrogen) atoms. The zero-order chi connectivity index (χ0) is 18.8. The highest BCUT2D eigenvalue weighted by Gasteiger charge is 2.50. The molecule has 1 fully saturated rings. The smallest absolute Gasteiger partial charge is 0.414 e. The Labute approximate surface area is 149 Å². The monoisotopic (exact) mass is 345 g/mol. The molecule has 1 amide bonds. The summed E-state index contributed by atoms with van der Waals surface area (Å²) in [7, 11) is 0. The van der Waals surface area contributed by atoms with Crippen LogP contribution in [0.5, 0.6) is 0 Å². The molecule has 0 aromatic heterocycles. The van der Waals surface area contributed by atoms with Crippen molar-refractivity contribution in [2.45, 2.75) is 58.9 Å². The molecule has 0 radical (unpaired) electrons. The van der Waals surface area contributed by atoms with E-state index in [-0.39, 0.29) is 5.92 Å². The third-order valence-corrected chi connectivity index (χ3v) is 3.82. The van der Waals surface area contributed by atoms with Gasteiger partial charge in [0.15, 0.2) is 5.72 Å². The zero-order valence-electron chi connectivity index (χ0n) is 15.8. The van der Waals surface area contributed by atoms with Crippen LogP contribution in [0.1, 0.15) is 53.1 Å². The first-order chi connectivity index (χ1) is 11.5. The first-order valence-corrected chi connectivity index (χ1v) is 8.48. The van der Waals surface area contributed by atoms with Gasteiger partial charge in [-0.1, -0.05) is 37.3 Å². The molecule has 5 heteroatoms. The van der Waals surface area contributed by atoms with Crippen LogP contribution in [0.4, 0.5) is 4.79 Å². The number of carbonyl (C=O) groups is 2. The Morgan fingerprint density at radius 2 is 1.88 bits per heavy atom. The van der Waals surface area contributed by atoms with Gasteiger partial charge in [-0.05, 0) is 46.3 Å². The molecule has 1 aliphatic heterocycles. The highest BCUT2D eigenvalue weighted by molar-refractivity contribution is 5.71. The van der Waals surface area contributed by atoms with Crippen molar-refractivity contribution >= 4 is 12.4 Å². The molecule has 0 N–H and O–H groups in total. The van der Waals surface area contributed by atoms with Crippen molar-refractivity contribution in [1.29, 1.82) is 0 Å².